The molecule has 4 heteroatoms. The summed E-state index contributed by atoms with van der Waals surface area (Å²) in [6.45, 7) is 7.32. The highest BCUT2D eigenvalue weighted by atomic mass is 16.6. The normalized spacial score (nSPS) is 32.9. The third kappa shape index (κ3) is 1.90. The van der Waals surface area contributed by atoms with E-state index < -0.39 is 11.2 Å². The predicted molar refractivity (Wildman–Crippen MR) is 70.4 cm³/mol. The molecule has 0 aromatic heterocycles. The van der Waals surface area contributed by atoms with E-state index in [-0.39, 0.29) is 18.0 Å². The van der Waals surface area contributed by atoms with E-state index in [9.17, 15) is 10.2 Å². The first-order chi connectivity index (χ1) is 8.72. The lowest BCUT2D eigenvalue weighted by atomic mass is 9.91. The standard InChI is InChI=1S/C15H20O4/c1-8-5-11-9(6-10(8)16)15(4)13(19-15)7-12(18-11)14(2,3)17/h5-6,12-13,16-17H,7H2,1-4H3/t12-,13+,15-/m0/s1. The molecule has 0 aliphatic carbocycles. The number of hydrogen-bond acceptors (Lipinski definition) is 4. The van der Waals surface area contributed by atoms with E-state index in [1.165, 1.54) is 0 Å². The fourth-order valence-corrected chi connectivity index (χ4v) is 2.76. The van der Waals surface area contributed by atoms with Gasteiger partial charge >= 0.3 is 0 Å². The number of phenols is 1. The number of ether oxygens (including phenoxy) is 2. The van der Waals surface area contributed by atoms with Crippen molar-refractivity contribution in [1.29, 1.82) is 0 Å². The lowest BCUT2D eigenvalue weighted by Crippen LogP contribution is -2.41. The number of benzene rings is 1. The largest absolute Gasteiger partial charge is 0.508 e. The molecule has 1 aromatic carbocycles. The van der Waals surface area contributed by atoms with Crippen LogP contribution in [0.15, 0.2) is 12.1 Å². The van der Waals surface area contributed by atoms with E-state index in [1.807, 2.05) is 19.9 Å². The molecule has 0 spiro atoms. The molecule has 4 nitrogen and oxygen atoms in total. The topological polar surface area (TPSA) is 62.2 Å². The van der Waals surface area contributed by atoms with Gasteiger partial charge in [-0.1, -0.05) is 0 Å². The maximum atomic E-state index is 10.2. The fraction of sp³-hybridized carbons (Fsp3) is 0.600. The van der Waals surface area contributed by atoms with Gasteiger partial charge in [0.1, 0.15) is 23.2 Å². The zero-order valence-corrected chi connectivity index (χ0v) is 11.7. The molecule has 3 atom stereocenters. The third-order valence-corrected chi connectivity index (χ3v) is 4.26. The SMILES string of the molecule is Cc1cc2c(cc1O)[C@]1(C)O[C@@H]1C[C@@H](C(C)(C)O)O2. The molecular weight excluding hydrogens is 244 g/mol. The molecule has 2 aliphatic rings. The lowest BCUT2D eigenvalue weighted by Gasteiger charge is -2.29. The Bertz CT molecular complexity index is 532. The lowest BCUT2D eigenvalue weighted by molar-refractivity contribution is -0.0402. The van der Waals surface area contributed by atoms with Gasteiger partial charge in [0, 0.05) is 12.0 Å². The van der Waals surface area contributed by atoms with Gasteiger partial charge < -0.3 is 19.7 Å². The van der Waals surface area contributed by atoms with Gasteiger partial charge in [0.2, 0.25) is 0 Å². The Morgan fingerprint density at radius 2 is 2.05 bits per heavy atom. The molecule has 2 N–H and O–H groups in total. The summed E-state index contributed by atoms with van der Waals surface area (Å²) in [7, 11) is 0. The van der Waals surface area contributed by atoms with E-state index in [0.717, 1.165) is 11.1 Å². The van der Waals surface area contributed by atoms with Crippen molar-refractivity contribution in [3.05, 3.63) is 23.3 Å². The zero-order valence-electron chi connectivity index (χ0n) is 11.7. The first kappa shape index (κ1) is 12.8. The minimum absolute atomic E-state index is 0.0345. The van der Waals surface area contributed by atoms with E-state index in [4.69, 9.17) is 9.47 Å². The zero-order chi connectivity index (χ0) is 14.0. The summed E-state index contributed by atoms with van der Waals surface area (Å²) in [4.78, 5) is 0. The summed E-state index contributed by atoms with van der Waals surface area (Å²) in [5, 5.41) is 20.1. The van der Waals surface area contributed by atoms with Gasteiger partial charge in [0.05, 0.1) is 11.7 Å². The van der Waals surface area contributed by atoms with Crippen molar-refractivity contribution in [3.8, 4) is 11.5 Å². The van der Waals surface area contributed by atoms with Crippen molar-refractivity contribution >= 4 is 0 Å². The van der Waals surface area contributed by atoms with Gasteiger partial charge in [-0.05, 0) is 45.4 Å². The molecule has 0 unspecified atom stereocenters. The Balaban J connectivity index is 2.09. The minimum Gasteiger partial charge on any atom is -0.508 e. The quantitative estimate of drug-likeness (QED) is 0.764. The molecular formula is C15H20O4. The smallest absolute Gasteiger partial charge is 0.129 e. The summed E-state index contributed by atoms with van der Waals surface area (Å²) < 4.78 is 11.8. The number of phenolic OH excluding ortho intramolecular Hbond substituents is 1. The van der Waals surface area contributed by atoms with Crippen molar-refractivity contribution in [2.75, 3.05) is 0 Å². The van der Waals surface area contributed by atoms with Crippen LogP contribution < -0.4 is 4.74 Å². The van der Waals surface area contributed by atoms with Crippen LogP contribution in [0.5, 0.6) is 11.5 Å². The number of aryl methyl sites for hydroxylation is 1. The van der Waals surface area contributed by atoms with E-state index in [2.05, 4.69) is 0 Å². The first-order valence-corrected chi connectivity index (χ1v) is 6.63. The van der Waals surface area contributed by atoms with Crippen LogP contribution in [-0.4, -0.2) is 28.0 Å². The van der Waals surface area contributed by atoms with Gasteiger partial charge in [-0.25, -0.2) is 0 Å². The second-order valence-corrected chi connectivity index (χ2v) is 6.34. The maximum absolute atomic E-state index is 10.2. The summed E-state index contributed by atoms with van der Waals surface area (Å²) in [5.74, 6) is 0.949. The van der Waals surface area contributed by atoms with Crippen molar-refractivity contribution in [2.45, 2.75) is 57.5 Å². The van der Waals surface area contributed by atoms with E-state index >= 15 is 0 Å². The minimum atomic E-state index is -0.930. The van der Waals surface area contributed by atoms with Gasteiger partial charge in [-0.2, -0.15) is 0 Å². The van der Waals surface area contributed by atoms with Gasteiger partial charge in [-0.3, -0.25) is 0 Å². The average Bonchev–Trinajstić information content (AvgIpc) is 2.93. The van der Waals surface area contributed by atoms with Crippen LogP contribution in [0.1, 0.15) is 38.3 Å². The van der Waals surface area contributed by atoms with Crippen LogP contribution in [0.4, 0.5) is 0 Å². The average molecular weight is 264 g/mol. The van der Waals surface area contributed by atoms with Crippen LogP contribution in [0, 0.1) is 6.92 Å². The highest BCUT2D eigenvalue weighted by molar-refractivity contribution is 5.50. The van der Waals surface area contributed by atoms with E-state index in [1.54, 1.807) is 19.9 Å². The second kappa shape index (κ2) is 3.64. The Labute approximate surface area is 113 Å². The van der Waals surface area contributed by atoms with Crippen LogP contribution in [-0.2, 0) is 10.3 Å². The Morgan fingerprint density at radius 1 is 1.37 bits per heavy atom. The number of epoxide rings is 1. The molecule has 1 saturated heterocycles. The van der Waals surface area contributed by atoms with E-state index in [0.29, 0.717) is 12.2 Å². The van der Waals surface area contributed by atoms with Gasteiger partial charge in [-0.15, -0.1) is 0 Å². The van der Waals surface area contributed by atoms with Crippen LogP contribution in [0.2, 0.25) is 0 Å². The predicted octanol–water partition coefficient (Wildman–Crippen LogP) is 2.24. The van der Waals surface area contributed by atoms with Crippen LogP contribution in [0.25, 0.3) is 0 Å². The summed E-state index contributed by atoms with van der Waals surface area (Å²) in [5.41, 5.74) is 0.295. The van der Waals surface area contributed by atoms with Crippen LogP contribution in [0.3, 0.4) is 0 Å². The molecule has 0 radical (unpaired) electrons. The highest BCUT2D eigenvalue weighted by Crippen LogP contribution is 2.55. The molecule has 1 aromatic rings. The molecule has 0 bridgehead atoms. The molecule has 19 heavy (non-hydrogen) atoms. The molecule has 3 rings (SSSR count). The highest BCUT2D eigenvalue weighted by Gasteiger charge is 2.59. The third-order valence-electron chi connectivity index (χ3n) is 4.26. The molecule has 0 amide bonds. The maximum Gasteiger partial charge on any atom is 0.129 e. The first-order valence-electron chi connectivity index (χ1n) is 6.63. The number of aliphatic hydroxyl groups is 1. The summed E-state index contributed by atoms with van der Waals surface area (Å²) >= 11 is 0. The monoisotopic (exact) mass is 264 g/mol. The Hall–Kier alpha value is -1.26. The summed E-state index contributed by atoms with van der Waals surface area (Å²) in [6, 6.07) is 3.54. The van der Waals surface area contributed by atoms with Gasteiger partial charge in [0.25, 0.3) is 0 Å². The van der Waals surface area contributed by atoms with Crippen LogP contribution >= 0.6 is 0 Å². The van der Waals surface area contributed by atoms with Crippen molar-refractivity contribution in [3.63, 3.8) is 0 Å². The Kier molecular flexibility index (Phi) is 2.45. The van der Waals surface area contributed by atoms with Gasteiger partial charge in [0.15, 0.2) is 0 Å². The molecule has 2 heterocycles. The number of hydrogen-bond donors (Lipinski definition) is 2. The fourth-order valence-electron chi connectivity index (χ4n) is 2.76. The summed E-state index contributed by atoms with van der Waals surface area (Å²) in [6.07, 6.45) is 0.367. The number of rotatable bonds is 1. The Morgan fingerprint density at radius 3 is 2.68 bits per heavy atom. The van der Waals surface area contributed by atoms with Crippen molar-refractivity contribution in [2.24, 2.45) is 0 Å². The van der Waals surface area contributed by atoms with Crippen molar-refractivity contribution < 1.29 is 19.7 Å². The second-order valence-electron chi connectivity index (χ2n) is 6.34. The number of aromatic hydroxyl groups is 1. The van der Waals surface area contributed by atoms with Crippen molar-refractivity contribution in [1.82, 2.24) is 0 Å². The molecule has 0 saturated carbocycles. The number of fused-ring (bicyclic) bond motifs is 3. The molecule has 104 valence electrons. The molecule has 1 fully saturated rings. The molecule has 2 aliphatic heterocycles.